The van der Waals surface area contributed by atoms with Gasteiger partial charge in [-0.05, 0) is 104 Å². The van der Waals surface area contributed by atoms with Gasteiger partial charge in [-0.15, -0.1) is 0 Å². The van der Waals surface area contributed by atoms with Crippen molar-refractivity contribution in [2.24, 2.45) is 7.05 Å². The van der Waals surface area contributed by atoms with E-state index in [4.69, 9.17) is 0 Å². The molecule has 0 unspecified atom stereocenters. The van der Waals surface area contributed by atoms with Crippen molar-refractivity contribution < 1.29 is 19.5 Å². The van der Waals surface area contributed by atoms with Crippen LogP contribution in [0.5, 0.6) is 5.75 Å². The zero-order valence-electron chi connectivity index (χ0n) is 29.5. The molecule has 1 atom stereocenters. The second kappa shape index (κ2) is 13.7. The van der Waals surface area contributed by atoms with E-state index in [-0.39, 0.29) is 35.7 Å². The molecule has 2 aliphatic heterocycles. The fraction of sp³-hybridized carbons (Fsp3) is 0.390. The van der Waals surface area contributed by atoms with Crippen LogP contribution < -0.4 is 10.2 Å². The smallest absolute Gasteiger partial charge is 0.317 e. The zero-order valence-corrected chi connectivity index (χ0v) is 29.5. The van der Waals surface area contributed by atoms with E-state index in [1.54, 1.807) is 36.2 Å². The van der Waals surface area contributed by atoms with Crippen molar-refractivity contribution in [3.63, 3.8) is 0 Å². The summed E-state index contributed by atoms with van der Waals surface area (Å²) in [5, 5.41) is 13.0. The molecule has 50 heavy (non-hydrogen) atoms. The average Bonchev–Trinajstić information content (AvgIpc) is 3.43. The Morgan fingerprint density at radius 1 is 0.860 bits per heavy atom. The van der Waals surface area contributed by atoms with Crippen molar-refractivity contribution >= 4 is 23.5 Å². The van der Waals surface area contributed by atoms with Crippen LogP contribution in [0.1, 0.15) is 87.7 Å². The fourth-order valence-corrected chi connectivity index (χ4v) is 7.94. The number of benzene rings is 3. The highest BCUT2D eigenvalue weighted by molar-refractivity contribution is 6.08. The molecule has 0 spiro atoms. The Morgan fingerprint density at radius 2 is 1.58 bits per heavy atom. The molecule has 1 fully saturated rings. The summed E-state index contributed by atoms with van der Waals surface area (Å²) in [4.78, 5) is 47.5. The van der Waals surface area contributed by atoms with E-state index in [0.717, 1.165) is 65.7 Å². The van der Waals surface area contributed by atoms with E-state index < -0.39 is 0 Å². The van der Waals surface area contributed by atoms with Crippen molar-refractivity contribution in [2.75, 3.05) is 18.5 Å². The van der Waals surface area contributed by atoms with Gasteiger partial charge in [0.05, 0.1) is 5.56 Å². The van der Waals surface area contributed by atoms with E-state index in [0.29, 0.717) is 42.9 Å². The van der Waals surface area contributed by atoms with Crippen LogP contribution in [0.25, 0.3) is 11.3 Å². The van der Waals surface area contributed by atoms with Gasteiger partial charge in [0.2, 0.25) is 0 Å². The lowest BCUT2D eigenvalue weighted by Crippen LogP contribution is -2.47. The summed E-state index contributed by atoms with van der Waals surface area (Å²) in [7, 11) is 3.66. The number of rotatable bonds is 5. The zero-order chi connectivity index (χ0) is 35.1. The highest BCUT2D eigenvalue weighted by Gasteiger charge is 2.32. The van der Waals surface area contributed by atoms with Crippen molar-refractivity contribution in [1.82, 2.24) is 19.7 Å². The van der Waals surface area contributed by atoms with Gasteiger partial charge >= 0.3 is 6.03 Å². The summed E-state index contributed by atoms with van der Waals surface area (Å²) >= 11 is 0. The molecule has 0 radical (unpaired) electrons. The van der Waals surface area contributed by atoms with Crippen LogP contribution >= 0.6 is 0 Å². The number of phenolic OH excluding ortho intramolecular Hbond substituents is 1. The third-order valence-corrected chi connectivity index (χ3v) is 11.2. The van der Waals surface area contributed by atoms with Crippen LogP contribution in [0.2, 0.25) is 0 Å². The van der Waals surface area contributed by atoms with Crippen molar-refractivity contribution in [2.45, 2.75) is 84.0 Å². The van der Waals surface area contributed by atoms with Gasteiger partial charge in [-0.25, -0.2) is 4.79 Å². The number of fused-ring (bicyclic) bond motifs is 2. The molecule has 0 saturated heterocycles. The van der Waals surface area contributed by atoms with Crippen LogP contribution in [-0.4, -0.2) is 63.0 Å². The number of nitrogens with zero attached hydrogens (tertiary/aromatic N) is 4. The molecule has 9 nitrogen and oxygen atoms in total. The summed E-state index contributed by atoms with van der Waals surface area (Å²) in [6.45, 7) is 5.60. The van der Waals surface area contributed by atoms with Crippen molar-refractivity contribution in [3.8, 4) is 17.0 Å². The molecule has 9 heteroatoms. The summed E-state index contributed by atoms with van der Waals surface area (Å²) < 4.78 is 2.00. The number of hydrogen-bond acceptors (Lipinski definition) is 4. The van der Waals surface area contributed by atoms with Crippen molar-refractivity contribution in [1.29, 1.82) is 0 Å². The normalized spacial score (nSPS) is 17.6. The molecule has 1 aliphatic carbocycles. The largest absolute Gasteiger partial charge is 0.508 e. The van der Waals surface area contributed by atoms with Crippen LogP contribution in [-0.2, 0) is 33.0 Å². The quantitative estimate of drug-likeness (QED) is 0.239. The lowest BCUT2D eigenvalue weighted by atomic mass is 9.89. The molecule has 260 valence electrons. The Bertz CT molecular complexity index is 1940. The van der Waals surface area contributed by atoms with Gasteiger partial charge < -0.3 is 29.7 Å². The molecule has 7 rings (SSSR count). The van der Waals surface area contributed by atoms with Gasteiger partial charge in [0.25, 0.3) is 11.8 Å². The average molecular weight is 674 g/mol. The Balaban J connectivity index is 1.26. The number of aromatic nitrogens is 1. The second-order valence-corrected chi connectivity index (χ2v) is 14.3. The number of urea groups is 1. The number of carbonyl (C=O) groups excluding carboxylic acids is 3. The lowest BCUT2D eigenvalue weighted by Gasteiger charge is -2.36. The Kier molecular flexibility index (Phi) is 9.16. The predicted octanol–water partition coefficient (Wildman–Crippen LogP) is 6.97. The topological polar surface area (TPSA) is 98.1 Å². The van der Waals surface area contributed by atoms with E-state index in [9.17, 15) is 19.5 Å². The van der Waals surface area contributed by atoms with Gasteiger partial charge in [-0.3, -0.25) is 9.59 Å². The number of anilines is 1. The van der Waals surface area contributed by atoms with Crippen LogP contribution in [0.15, 0.2) is 66.7 Å². The molecule has 1 saturated carbocycles. The summed E-state index contributed by atoms with van der Waals surface area (Å²) in [5.74, 6) is -0.0971. The first-order valence-corrected chi connectivity index (χ1v) is 17.9. The fourth-order valence-electron chi connectivity index (χ4n) is 7.94. The SMILES string of the molecule is Cc1c(C(=O)N(C)c2ccc(O)cc2)cc(-c2cc3c(cc2C(=O)N2Cc4ccccc4C[C@H]2C)CN(C(=O)NC2CCCCC2)CC3)n1C. The number of amides is 4. The number of nitrogens with one attached hydrogen (secondary N) is 1. The number of aromatic hydroxyl groups is 1. The Hall–Kier alpha value is -5.05. The minimum atomic E-state index is -0.179. The molecule has 2 N–H and O–H groups in total. The Labute approximate surface area is 294 Å². The number of carbonyl (C=O) groups is 3. The number of phenols is 1. The molecule has 1 aromatic heterocycles. The third kappa shape index (κ3) is 6.37. The van der Waals surface area contributed by atoms with E-state index >= 15 is 0 Å². The standard InChI is InChI=1S/C41H47N5O4/c1-26-20-28-10-8-9-11-30(28)25-46(26)40(49)37-22-31-24-45(41(50)42-32-12-6-5-7-13-32)19-18-29(31)21-36(37)38-23-35(27(2)43(38)3)39(48)44(4)33-14-16-34(47)17-15-33/h8-11,14-17,21-23,26,32,47H,5-7,12-13,18-20,24-25H2,1-4H3,(H,42,50)/t26-/m1/s1. The van der Waals surface area contributed by atoms with Gasteiger partial charge in [0, 0.05) is 74.0 Å². The molecule has 4 amide bonds. The van der Waals surface area contributed by atoms with Gasteiger partial charge in [-0.1, -0.05) is 43.5 Å². The maximum absolute atomic E-state index is 14.8. The molecule has 4 aromatic rings. The Morgan fingerprint density at radius 3 is 2.32 bits per heavy atom. The highest BCUT2D eigenvalue weighted by Crippen LogP contribution is 2.36. The molecule has 0 bridgehead atoms. The predicted molar refractivity (Wildman–Crippen MR) is 195 cm³/mol. The van der Waals surface area contributed by atoms with Crippen molar-refractivity contribution in [3.05, 3.63) is 106 Å². The molecular formula is C41H47N5O4. The molecular weight excluding hydrogens is 626 g/mol. The summed E-state index contributed by atoms with van der Waals surface area (Å²) in [5.41, 5.74) is 8.68. The lowest BCUT2D eigenvalue weighted by molar-refractivity contribution is 0.0658. The maximum atomic E-state index is 14.8. The first-order chi connectivity index (χ1) is 24.1. The molecule has 3 aromatic carbocycles. The summed E-state index contributed by atoms with van der Waals surface area (Å²) in [6, 6.07) is 21.1. The highest BCUT2D eigenvalue weighted by atomic mass is 16.3. The van der Waals surface area contributed by atoms with E-state index in [1.807, 2.05) is 46.5 Å². The second-order valence-electron chi connectivity index (χ2n) is 14.3. The van der Waals surface area contributed by atoms with Crippen LogP contribution in [0.3, 0.4) is 0 Å². The molecule has 3 heterocycles. The maximum Gasteiger partial charge on any atom is 0.317 e. The van der Waals surface area contributed by atoms with Gasteiger partial charge in [0.15, 0.2) is 0 Å². The number of hydrogen-bond donors (Lipinski definition) is 2. The monoisotopic (exact) mass is 673 g/mol. The molecule has 3 aliphatic rings. The van der Waals surface area contributed by atoms with Gasteiger partial charge in [0.1, 0.15) is 5.75 Å². The van der Waals surface area contributed by atoms with E-state index in [1.165, 1.54) is 12.0 Å². The first-order valence-electron chi connectivity index (χ1n) is 17.9. The van der Waals surface area contributed by atoms with Gasteiger partial charge in [-0.2, -0.15) is 0 Å². The third-order valence-electron chi connectivity index (χ3n) is 11.2. The minimum Gasteiger partial charge on any atom is -0.508 e. The summed E-state index contributed by atoms with van der Waals surface area (Å²) in [6.07, 6.45) is 7.06. The van der Waals surface area contributed by atoms with Crippen LogP contribution in [0, 0.1) is 6.92 Å². The first kappa shape index (κ1) is 33.4. The minimum absolute atomic E-state index is 0.00491. The van der Waals surface area contributed by atoms with Crippen LogP contribution in [0.4, 0.5) is 10.5 Å². The van der Waals surface area contributed by atoms with E-state index in [2.05, 4.69) is 36.5 Å².